The number of fused-ring (bicyclic) bond motifs is 1. The topological polar surface area (TPSA) is 59.5 Å². The molecule has 0 spiro atoms. The molecule has 1 aliphatic rings. The second kappa shape index (κ2) is 5.51. The van der Waals surface area contributed by atoms with E-state index in [1.165, 1.54) is 0 Å². The van der Waals surface area contributed by atoms with E-state index < -0.39 is 0 Å². The lowest BCUT2D eigenvalue weighted by Gasteiger charge is -2.13. The minimum absolute atomic E-state index is 0.0291. The van der Waals surface area contributed by atoms with E-state index in [1.807, 2.05) is 35.2 Å². The van der Waals surface area contributed by atoms with Crippen LogP contribution in [0.3, 0.4) is 0 Å². The number of benzene rings is 1. The number of furan rings is 1. The number of nitrogens with two attached hydrogens (primary N) is 1. The summed E-state index contributed by atoms with van der Waals surface area (Å²) in [6.07, 6.45) is 4.31. The number of nitrogens with zero attached hydrogens (tertiary/aromatic N) is 1. The monoisotopic (exact) mass is 270 g/mol. The molecule has 1 amide bonds. The second-order valence-electron chi connectivity index (χ2n) is 5.19. The van der Waals surface area contributed by atoms with Gasteiger partial charge in [-0.2, -0.15) is 0 Å². The average Bonchev–Trinajstić information content (AvgIpc) is 3.10. The smallest absolute Gasteiger partial charge is 0.246 e. The van der Waals surface area contributed by atoms with Crippen LogP contribution in [-0.2, 0) is 4.79 Å². The highest BCUT2D eigenvalue weighted by molar-refractivity contribution is 5.92. The fraction of sp³-hybridized carbons (Fsp3) is 0.312. The van der Waals surface area contributed by atoms with Gasteiger partial charge < -0.3 is 15.1 Å². The predicted molar refractivity (Wildman–Crippen MR) is 79.0 cm³/mol. The van der Waals surface area contributed by atoms with Crippen molar-refractivity contribution in [3.05, 3.63) is 42.2 Å². The molecule has 1 unspecified atom stereocenters. The van der Waals surface area contributed by atoms with Gasteiger partial charge in [-0.25, -0.2) is 0 Å². The maximum atomic E-state index is 12.1. The van der Waals surface area contributed by atoms with Crippen molar-refractivity contribution in [1.82, 2.24) is 4.90 Å². The first-order chi connectivity index (χ1) is 9.76. The van der Waals surface area contributed by atoms with Gasteiger partial charge >= 0.3 is 0 Å². The van der Waals surface area contributed by atoms with Gasteiger partial charge in [0.1, 0.15) is 11.3 Å². The van der Waals surface area contributed by atoms with Gasteiger partial charge in [-0.1, -0.05) is 18.2 Å². The average molecular weight is 270 g/mol. The van der Waals surface area contributed by atoms with Gasteiger partial charge in [0.15, 0.2) is 0 Å². The normalized spacial score (nSPS) is 19.2. The molecule has 0 aliphatic carbocycles. The van der Waals surface area contributed by atoms with Crippen molar-refractivity contribution in [2.24, 2.45) is 11.7 Å². The van der Waals surface area contributed by atoms with Crippen LogP contribution in [-0.4, -0.2) is 30.4 Å². The summed E-state index contributed by atoms with van der Waals surface area (Å²) in [6, 6.07) is 9.74. The van der Waals surface area contributed by atoms with Gasteiger partial charge in [0.2, 0.25) is 5.91 Å². The number of para-hydroxylation sites is 1. The number of carbonyl (C=O) groups excluding carboxylic acids is 1. The number of rotatable bonds is 3. The Morgan fingerprint density at radius 1 is 1.45 bits per heavy atom. The molecule has 4 nitrogen and oxygen atoms in total. The molecule has 2 heterocycles. The maximum Gasteiger partial charge on any atom is 0.246 e. The third-order valence-electron chi connectivity index (χ3n) is 3.77. The number of hydrogen-bond acceptors (Lipinski definition) is 3. The molecule has 1 aliphatic heterocycles. The van der Waals surface area contributed by atoms with Crippen LogP contribution >= 0.6 is 0 Å². The Bertz CT molecular complexity index is 612. The number of carbonyl (C=O) groups is 1. The minimum atomic E-state index is 0.0291. The van der Waals surface area contributed by atoms with Crippen LogP contribution in [0.5, 0.6) is 0 Å². The van der Waals surface area contributed by atoms with E-state index in [1.54, 1.807) is 12.2 Å². The van der Waals surface area contributed by atoms with Crippen LogP contribution in [0.15, 0.2) is 40.8 Å². The van der Waals surface area contributed by atoms with E-state index in [0.29, 0.717) is 18.2 Å². The van der Waals surface area contributed by atoms with Gasteiger partial charge in [-0.05, 0) is 37.1 Å². The van der Waals surface area contributed by atoms with Crippen molar-refractivity contribution >= 4 is 23.0 Å². The Labute approximate surface area is 117 Å². The lowest BCUT2D eigenvalue weighted by atomic mass is 10.1. The zero-order chi connectivity index (χ0) is 13.9. The standard InChI is InChI=1S/C16H18N2O2/c17-10-12-7-8-18(11-12)16(19)6-5-14-9-13-3-1-2-4-15(13)20-14/h1-6,9,12H,7-8,10-11,17H2. The molecule has 2 aromatic rings. The molecule has 1 atom stereocenters. The van der Waals surface area contributed by atoms with Crippen LogP contribution in [0.2, 0.25) is 0 Å². The number of hydrogen-bond donors (Lipinski definition) is 1. The van der Waals surface area contributed by atoms with Gasteiger partial charge in [-0.3, -0.25) is 4.79 Å². The molecule has 4 heteroatoms. The van der Waals surface area contributed by atoms with Crippen molar-refractivity contribution in [2.75, 3.05) is 19.6 Å². The van der Waals surface area contributed by atoms with Crippen molar-refractivity contribution in [3.63, 3.8) is 0 Å². The Kier molecular flexibility index (Phi) is 3.56. The molecule has 1 saturated heterocycles. The first-order valence-electron chi connectivity index (χ1n) is 6.92. The summed E-state index contributed by atoms with van der Waals surface area (Å²) in [7, 11) is 0. The lowest BCUT2D eigenvalue weighted by molar-refractivity contribution is -0.125. The van der Waals surface area contributed by atoms with E-state index in [-0.39, 0.29) is 5.91 Å². The summed E-state index contributed by atoms with van der Waals surface area (Å²) < 4.78 is 5.65. The van der Waals surface area contributed by atoms with Gasteiger partial charge in [0.05, 0.1) is 0 Å². The van der Waals surface area contributed by atoms with E-state index in [2.05, 4.69) is 0 Å². The molecular formula is C16H18N2O2. The maximum absolute atomic E-state index is 12.1. The van der Waals surface area contributed by atoms with Gasteiger partial charge in [0.25, 0.3) is 0 Å². The third-order valence-corrected chi connectivity index (χ3v) is 3.77. The molecule has 1 aromatic carbocycles. The quantitative estimate of drug-likeness (QED) is 0.870. The molecule has 3 rings (SSSR count). The zero-order valence-corrected chi connectivity index (χ0v) is 11.3. The van der Waals surface area contributed by atoms with Crippen LogP contribution in [0, 0.1) is 5.92 Å². The Morgan fingerprint density at radius 3 is 3.05 bits per heavy atom. The highest BCUT2D eigenvalue weighted by Gasteiger charge is 2.23. The Balaban J connectivity index is 1.69. The number of likely N-dealkylation sites (tertiary alicyclic amines) is 1. The van der Waals surface area contributed by atoms with E-state index in [0.717, 1.165) is 30.5 Å². The summed E-state index contributed by atoms with van der Waals surface area (Å²) in [5, 5.41) is 1.05. The summed E-state index contributed by atoms with van der Waals surface area (Å²) in [6.45, 7) is 2.21. The molecule has 1 fully saturated rings. The molecule has 104 valence electrons. The van der Waals surface area contributed by atoms with Gasteiger partial charge in [-0.15, -0.1) is 0 Å². The minimum Gasteiger partial charge on any atom is -0.457 e. The molecule has 0 bridgehead atoms. The first kappa shape index (κ1) is 12.9. The fourth-order valence-corrected chi connectivity index (χ4v) is 2.57. The SMILES string of the molecule is NCC1CCN(C(=O)C=Cc2cc3ccccc3o2)C1. The van der Waals surface area contributed by atoms with Crippen LogP contribution in [0.4, 0.5) is 0 Å². The zero-order valence-electron chi connectivity index (χ0n) is 11.3. The summed E-state index contributed by atoms with van der Waals surface area (Å²) in [4.78, 5) is 13.9. The largest absolute Gasteiger partial charge is 0.457 e. The first-order valence-corrected chi connectivity index (χ1v) is 6.92. The van der Waals surface area contributed by atoms with Crippen LogP contribution in [0.1, 0.15) is 12.2 Å². The van der Waals surface area contributed by atoms with E-state index in [4.69, 9.17) is 10.2 Å². The van der Waals surface area contributed by atoms with Crippen LogP contribution in [0.25, 0.3) is 17.0 Å². The summed E-state index contributed by atoms with van der Waals surface area (Å²) in [5.74, 6) is 1.18. The Hall–Kier alpha value is -2.07. The van der Waals surface area contributed by atoms with Crippen molar-refractivity contribution < 1.29 is 9.21 Å². The summed E-state index contributed by atoms with van der Waals surface area (Å²) >= 11 is 0. The summed E-state index contributed by atoms with van der Waals surface area (Å²) in [5.41, 5.74) is 6.47. The Morgan fingerprint density at radius 2 is 2.30 bits per heavy atom. The third kappa shape index (κ3) is 2.60. The molecule has 2 N–H and O–H groups in total. The highest BCUT2D eigenvalue weighted by atomic mass is 16.3. The lowest BCUT2D eigenvalue weighted by Crippen LogP contribution is -2.28. The van der Waals surface area contributed by atoms with E-state index in [9.17, 15) is 4.79 Å². The fourth-order valence-electron chi connectivity index (χ4n) is 2.57. The molecule has 1 aromatic heterocycles. The van der Waals surface area contributed by atoms with Crippen molar-refractivity contribution in [2.45, 2.75) is 6.42 Å². The molecular weight excluding hydrogens is 252 g/mol. The van der Waals surface area contributed by atoms with Crippen LogP contribution < -0.4 is 5.73 Å². The number of amides is 1. The van der Waals surface area contributed by atoms with Gasteiger partial charge in [0, 0.05) is 24.6 Å². The second-order valence-corrected chi connectivity index (χ2v) is 5.19. The predicted octanol–water partition coefficient (Wildman–Crippen LogP) is 2.25. The van der Waals surface area contributed by atoms with Crippen molar-refractivity contribution in [1.29, 1.82) is 0 Å². The highest BCUT2D eigenvalue weighted by Crippen LogP contribution is 2.20. The molecule has 0 saturated carbocycles. The molecule has 0 radical (unpaired) electrons. The molecule has 20 heavy (non-hydrogen) atoms. The van der Waals surface area contributed by atoms with Crippen molar-refractivity contribution in [3.8, 4) is 0 Å². The van der Waals surface area contributed by atoms with E-state index >= 15 is 0 Å².